The van der Waals surface area contributed by atoms with Gasteiger partial charge >= 0.3 is 0 Å². The van der Waals surface area contributed by atoms with E-state index in [1.54, 1.807) is 0 Å². The maximum atomic E-state index is 4.91. The van der Waals surface area contributed by atoms with Crippen LogP contribution in [0.1, 0.15) is 69.0 Å². The van der Waals surface area contributed by atoms with Crippen molar-refractivity contribution < 1.29 is 0 Å². The van der Waals surface area contributed by atoms with Crippen molar-refractivity contribution >= 4 is 5.82 Å². The maximum absolute atomic E-state index is 4.91. The van der Waals surface area contributed by atoms with E-state index in [4.69, 9.17) is 9.97 Å². The van der Waals surface area contributed by atoms with Crippen LogP contribution in [0.2, 0.25) is 0 Å². The highest BCUT2D eigenvalue weighted by atomic mass is 15.2. The summed E-state index contributed by atoms with van der Waals surface area (Å²) in [5.74, 6) is 3.03. The molecule has 0 saturated carbocycles. The summed E-state index contributed by atoms with van der Waals surface area (Å²) in [6, 6.07) is 0.776. The van der Waals surface area contributed by atoms with E-state index in [9.17, 15) is 0 Å². The lowest BCUT2D eigenvalue weighted by Crippen LogP contribution is -2.46. The molecule has 0 N–H and O–H groups in total. The van der Waals surface area contributed by atoms with Crippen LogP contribution in [0.4, 0.5) is 5.82 Å². The van der Waals surface area contributed by atoms with Crippen molar-refractivity contribution in [3.05, 3.63) is 17.1 Å². The lowest BCUT2D eigenvalue weighted by molar-refractivity contribution is 0.130. The molecule has 138 valence electrons. The first-order valence-electron chi connectivity index (χ1n) is 10.6. The van der Waals surface area contributed by atoms with Crippen LogP contribution in [0.5, 0.6) is 0 Å². The van der Waals surface area contributed by atoms with Gasteiger partial charge in [-0.15, -0.1) is 0 Å². The van der Waals surface area contributed by atoms with Crippen LogP contribution in [0.3, 0.4) is 0 Å². The summed E-state index contributed by atoms with van der Waals surface area (Å²) >= 11 is 0. The molecular weight excluding hydrogens is 308 g/mol. The number of anilines is 1. The Hall–Kier alpha value is -1.16. The second kappa shape index (κ2) is 7.61. The molecule has 0 radical (unpaired) electrons. The van der Waals surface area contributed by atoms with Crippen LogP contribution >= 0.6 is 0 Å². The monoisotopic (exact) mass is 342 g/mol. The van der Waals surface area contributed by atoms with Crippen LogP contribution in [0, 0.1) is 12.8 Å². The van der Waals surface area contributed by atoms with Crippen LogP contribution in [0.15, 0.2) is 0 Å². The Bertz CT molecular complexity index is 600. The normalized spacial score (nSPS) is 28.0. The van der Waals surface area contributed by atoms with E-state index in [0.717, 1.165) is 24.2 Å². The van der Waals surface area contributed by atoms with Gasteiger partial charge in [0.15, 0.2) is 0 Å². The van der Waals surface area contributed by atoms with Crippen LogP contribution in [-0.2, 0) is 12.8 Å². The van der Waals surface area contributed by atoms with E-state index in [1.807, 2.05) is 0 Å². The lowest BCUT2D eigenvalue weighted by Gasteiger charge is -2.40. The molecule has 25 heavy (non-hydrogen) atoms. The molecule has 0 bridgehead atoms. The third-order valence-electron chi connectivity index (χ3n) is 6.52. The fourth-order valence-corrected chi connectivity index (χ4v) is 5.12. The molecule has 2 fully saturated rings. The van der Waals surface area contributed by atoms with Crippen LogP contribution < -0.4 is 4.90 Å². The standard InChI is InChI=1S/C21H34N4/c1-16-8-5-6-12-24(16)14-18-9-7-13-25(15-18)21-19-10-3-4-11-20(19)22-17(2)23-21/h16,18H,3-15H2,1-2H3. The highest BCUT2D eigenvalue weighted by Crippen LogP contribution is 2.31. The van der Waals surface area contributed by atoms with Gasteiger partial charge in [-0.2, -0.15) is 0 Å². The number of hydrogen-bond acceptors (Lipinski definition) is 4. The third-order valence-corrected chi connectivity index (χ3v) is 6.52. The van der Waals surface area contributed by atoms with Gasteiger partial charge in [-0.1, -0.05) is 6.42 Å². The van der Waals surface area contributed by atoms with Crippen molar-refractivity contribution in [3.8, 4) is 0 Å². The molecule has 3 aliphatic rings. The van der Waals surface area contributed by atoms with Gasteiger partial charge in [0.2, 0.25) is 0 Å². The SMILES string of the molecule is Cc1nc2c(c(N3CCCC(CN4CCCCC4C)C3)n1)CCCC2. The second-order valence-electron chi connectivity index (χ2n) is 8.52. The van der Waals surface area contributed by atoms with Crippen molar-refractivity contribution in [3.63, 3.8) is 0 Å². The van der Waals surface area contributed by atoms with Crippen molar-refractivity contribution in [2.45, 2.75) is 77.7 Å². The van der Waals surface area contributed by atoms with E-state index >= 15 is 0 Å². The molecule has 4 heteroatoms. The average molecular weight is 343 g/mol. The van der Waals surface area contributed by atoms with Gasteiger partial charge in [0, 0.05) is 36.9 Å². The van der Waals surface area contributed by atoms with Gasteiger partial charge in [-0.25, -0.2) is 9.97 Å². The van der Waals surface area contributed by atoms with Crippen LogP contribution in [-0.4, -0.2) is 47.1 Å². The van der Waals surface area contributed by atoms with E-state index in [2.05, 4.69) is 23.6 Å². The molecule has 1 aromatic heterocycles. The summed E-state index contributed by atoms with van der Waals surface area (Å²) in [5.41, 5.74) is 2.80. The number of fused-ring (bicyclic) bond motifs is 1. The van der Waals surface area contributed by atoms with E-state index in [-0.39, 0.29) is 0 Å². The summed E-state index contributed by atoms with van der Waals surface area (Å²) < 4.78 is 0. The maximum Gasteiger partial charge on any atom is 0.135 e. The van der Waals surface area contributed by atoms with Gasteiger partial charge in [0.25, 0.3) is 0 Å². The molecule has 2 unspecified atom stereocenters. The molecule has 2 saturated heterocycles. The Balaban J connectivity index is 1.49. The third kappa shape index (κ3) is 3.84. The minimum atomic E-state index is 0.776. The fourth-order valence-electron chi connectivity index (χ4n) is 5.12. The molecule has 4 rings (SSSR count). The minimum Gasteiger partial charge on any atom is -0.356 e. The summed E-state index contributed by atoms with van der Waals surface area (Å²) in [5, 5.41) is 0. The predicted molar refractivity (Wildman–Crippen MR) is 103 cm³/mol. The number of hydrogen-bond donors (Lipinski definition) is 0. The first kappa shape index (κ1) is 17.3. The summed E-state index contributed by atoms with van der Waals surface area (Å²) in [6.07, 6.45) is 11.8. The molecule has 3 heterocycles. The molecule has 0 spiro atoms. The quantitative estimate of drug-likeness (QED) is 0.837. The number of likely N-dealkylation sites (tertiary alicyclic amines) is 1. The highest BCUT2D eigenvalue weighted by molar-refractivity contribution is 5.50. The highest BCUT2D eigenvalue weighted by Gasteiger charge is 2.28. The number of aromatic nitrogens is 2. The Labute approximate surface area is 153 Å². The van der Waals surface area contributed by atoms with Crippen molar-refractivity contribution in [1.82, 2.24) is 14.9 Å². The van der Waals surface area contributed by atoms with E-state index in [0.29, 0.717) is 0 Å². The van der Waals surface area contributed by atoms with E-state index in [1.165, 1.54) is 94.6 Å². The van der Waals surface area contributed by atoms with E-state index < -0.39 is 0 Å². The topological polar surface area (TPSA) is 32.3 Å². The fraction of sp³-hybridized carbons (Fsp3) is 0.810. The average Bonchev–Trinajstić information content (AvgIpc) is 2.63. The molecule has 4 nitrogen and oxygen atoms in total. The van der Waals surface area contributed by atoms with Gasteiger partial charge in [0.05, 0.1) is 0 Å². The summed E-state index contributed by atoms with van der Waals surface area (Å²) in [6.45, 7) is 9.43. The zero-order valence-electron chi connectivity index (χ0n) is 16.1. The summed E-state index contributed by atoms with van der Waals surface area (Å²) in [4.78, 5) is 15.0. The molecule has 1 aliphatic carbocycles. The Kier molecular flexibility index (Phi) is 5.25. The molecular formula is C21H34N4. The minimum absolute atomic E-state index is 0.776. The van der Waals surface area contributed by atoms with Crippen molar-refractivity contribution in [1.29, 1.82) is 0 Å². The van der Waals surface area contributed by atoms with Crippen molar-refractivity contribution in [2.24, 2.45) is 5.92 Å². The van der Waals surface area contributed by atoms with Gasteiger partial charge in [0.1, 0.15) is 11.6 Å². The zero-order valence-corrected chi connectivity index (χ0v) is 16.1. The smallest absolute Gasteiger partial charge is 0.135 e. The molecule has 0 aromatic carbocycles. The first-order valence-corrected chi connectivity index (χ1v) is 10.6. The van der Waals surface area contributed by atoms with Gasteiger partial charge in [-0.05, 0) is 77.7 Å². The largest absolute Gasteiger partial charge is 0.356 e. The van der Waals surface area contributed by atoms with Crippen molar-refractivity contribution in [2.75, 3.05) is 31.1 Å². The number of rotatable bonds is 3. The number of piperidine rings is 2. The summed E-state index contributed by atoms with van der Waals surface area (Å²) in [7, 11) is 0. The Morgan fingerprint density at radius 3 is 2.72 bits per heavy atom. The Morgan fingerprint density at radius 1 is 0.960 bits per heavy atom. The number of aryl methyl sites for hydroxylation is 2. The van der Waals surface area contributed by atoms with Gasteiger partial charge < -0.3 is 9.80 Å². The zero-order chi connectivity index (χ0) is 17.2. The number of nitrogens with zero attached hydrogens (tertiary/aromatic N) is 4. The first-order chi connectivity index (χ1) is 12.2. The van der Waals surface area contributed by atoms with Gasteiger partial charge in [-0.3, -0.25) is 0 Å². The Morgan fingerprint density at radius 2 is 1.84 bits per heavy atom. The van der Waals surface area contributed by atoms with Crippen LogP contribution in [0.25, 0.3) is 0 Å². The second-order valence-corrected chi connectivity index (χ2v) is 8.52. The molecule has 2 aliphatic heterocycles. The predicted octanol–water partition coefficient (Wildman–Crippen LogP) is 3.75. The molecule has 0 amide bonds. The molecule has 2 atom stereocenters. The molecule has 1 aromatic rings. The lowest BCUT2D eigenvalue weighted by atomic mass is 9.92.